The van der Waals surface area contributed by atoms with Crippen molar-refractivity contribution in [3.63, 3.8) is 0 Å². The Kier molecular flexibility index (Phi) is 5.30. The van der Waals surface area contributed by atoms with Crippen LogP contribution in [0.25, 0.3) is 11.6 Å². The highest BCUT2D eigenvalue weighted by Gasteiger charge is 2.19. The lowest BCUT2D eigenvalue weighted by molar-refractivity contribution is -0.130. The third-order valence-electron chi connectivity index (χ3n) is 2.63. The van der Waals surface area contributed by atoms with E-state index in [2.05, 4.69) is 15.3 Å². The average molecular weight is 347 g/mol. The van der Waals surface area contributed by atoms with Gasteiger partial charge in [-0.15, -0.1) is 0 Å². The number of aliphatic carboxylic acids is 1. The summed E-state index contributed by atoms with van der Waals surface area (Å²) in [4.78, 5) is 31.6. The number of hydrogen-bond donors (Lipinski definition) is 2. The number of anilines is 1. The fraction of sp³-hybridized carbons (Fsp3) is 0.250. The van der Waals surface area contributed by atoms with Crippen molar-refractivity contribution < 1.29 is 19.4 Å². The van der Waals surface area contributed by atoms with Gasteiger partial charge in [-0.2, -0.15) is 0 Å². The molecule has 2 aromatic rings. The first kappa shape index (κ1) is 17.6. The van der Waals surface area contributed by atoms with Crippen molar-refractivity contribution in [2.75, 3.05) is 5.32 Å². The summed E-state index contributed by atoms with van der Waals surface area (Å²) < 4.78 is 5.13. The van der Waals surface area contributed by atoms with Gasteiger partial charge < -0.3 is 9.84 Å². The fourth-order valence-corrected chi connectivity index (χ4v) is 2.52. The number of thiazole rings is 1. The van der Waals surface area contributed by atoms with Gasteiger partial charge in [0.05, 0.1) is 10.5 Å². The Labute approximate surface area is 143 Å². The molecular formula is C16H17N3O4S. The molecular weight excluding hydrogens is 330 g/mol. The Morgan fingerprint density at radius 3 is 2.54 bits per heavy atom. The lowest BCUT2D eigenvalue weighted by atomic mass is 10.1. The van der Waals surface area contributed by atoms with E-state index in [1.54, 1.807) is 45.3 Å². The molecule has 24 heavy (non-hydrogen) atoms. The Hall–Kier alpha value is -2.74. The Balaban J connectivity index is 2.19. The molecule has 0 aliphatic heterocycles. The molecule has 0 fully saturated rings. The molecule has 126 valence electrons. The molecule has 2 heterocycles. The summed E-state index contributed by atoms with van der Waals surface area (Å²) in [5.74, 6) is -1.08. The zero-order valence-electron chi connectivity index (χ0n) is 13.4. The summed E-state index contributed by atoms with van der Waals surface area (Å²) in [6, 6.07) is 3.40. The number of ether oxygens (including phenoxy) is 1. The van der Waals surface area contributed by atoms with Gasteiger partial charge in [0.15, 0.2) is 5.13 Å². The molecule has 1 amide bonds. The van der Waals surface area contributed by atoms with E-state index in [0.29, 0.717) is 10.4 Å². The van der Waals surface area contributed by atoms with E-state index in [9.17, 15) is 14.7 Å². The minimum atomic E-state index is -1.08. The molecule has 0 atom stereocenters. The van der Waals surface area contributed by atoms with Gasteiger partial charge in [0.2, 0.25) is 0 Å². The Morgan fingerprint density at radius 1 is 1.29 bits per heavy atom. The van der Waals surface area contributed by atoms with Crippen LogP contribution in [0.5, 0.6) is 0 Å². The van der Waals surface area contributed by atoms with E-state index in [0.717, 1.165) is 11.3 Å². The molecule has 0 bridgehead atoms. The zero-order chi connectivity index (χ0) is 17.7. The third kappa shape index (κ3) is 5.17. The van der Waals surface area contributed by atoms with Crippen molar-refractivity contribution in [2.24, 2.45) is 0 Å². The minimum absolute atomic E-state index is 0.0796. The fourth-order valence-electron chi connectivity index (χ4n) is 1.71. The van der Waals surface area contributed by atoms with Crippen molar-refractivity contribution in [3.05, 3.63) is 41.2 Å². The molecule has 0 saturated heterocycles. The maximum Gasteiger partial charge on any atom is 0.413 e. The standard InChI is InChI=1S/C16H17N3O4S/c1-16(2,3)23-15(22)19-14-18-9-12(24-14)11(13(20)21)8-10-4-6-17-7-5-10/h4-9H,1-3H3,(H,20,21)(H,18,19,22)/b11-8+. The van der Waals surface area contributed by atoms with Crippen molar-refractivity contribution in [3.8, 4) is 0 Å². The predicted molar refractivity (Wildman–Crippen MR) is 91.7 cm³/mol. The largest absolute Gasteiger partial charge is 0.478 e. The van der Waals surface area contributed by atoms with Gasteiger partial charge >= 0.3 is 12.1 Å². The highest BCUT2D eigenvalue weighted by Crippen LogP contribution is 2.27. The van der Waals surface area contributed by atoms with Crippen molar-refractivity contribution in [1.29, 1.82) is 0 Å². The van der Waals surface area contributed by atoms with E-state index >= 15 is 0 Å². The first-order valence-electron chi connectivity index (χ1n) is 7.06. The van der Waals surface area contributed by atoms with Gasteiger partial charge in [0.25, 0.3) is 0 Å². The lowest BCUT2D eigenvalue weighted by Gasteiger charge is -2.18. The quantitative estimate of drug-likeness (QED) is 0.821. The van der Waals surface area contributed by atoms with Crippen LogP contribution in [-0.2, 0) is 9.53 Å². The summed E-state index contributed by atoms with van der Waals surface area (Å²) in [6.07, 6.45) is 5.44. The van der Waals surface area contributed by atoms with Crippen molar-refractivity contribution in [1.82, 2.24) is 9.97 Å². The van der Waals surface area contributed by atoms with Crippen LogP contribution in [0.15, 0.2) is 30.7 Å². The molecule has 0 aliphatic carbocycles. The first-order chi connectivity index (χ1) is 11.2. The van der Waals surface area contributed by atoms with Crippen LogP contribution >= 0.6 is 11.3 Å². The monoisotopic (exact) mass is 347 g/mol. The van der Waals surface area contributed by atoms with Crippen LogP contribution in [-0.4, -0.2) is 32.7 Å². The Bertz CT molecular complexity index is 763. The number of amides is 1. The molecule has 2 rings (SSSR count). The summed E-state index contributed by atoms with van der Waals surface area (Å²) in [5.41, 5.74) is 0.158. The van der Waals surface area contributed by atoms with Crippen LogP contribution in [0.4, 0.5) is 9.93 Å². The molecule has 0 aromatic carbocycles. The van der Waals surface area contributed by atoms with Gasteiger partial charge in [0.1, 0.15) is 5.60 Å². The predicted octanol–water partition coefficient (Wildman–Crippen LogP) is 3.51. The molecule has 0 radical (unpaired) electrons. The molecule has 0 spiro atoms. The molecule has 2 N–H and O–H groups in total. The first-order valence-corrected chi connectivity index (χ1v) is 7.87. The average Bonchev–Trinajstić information content (AvgIpc) is 2.91. The van der Waals surface area contributed by atoms with Crippen LogP contribution < -0.4 is 5.32 Å². The van der Waals surface area contributed by atoms with Crippen molar-refractivity contribution >= 4 is 40.2 Å². The van der Waals surface area contributed by atoms with Crippen LogP contribution in [0.3, 0.4) is 0 Å². The van der Waals surface area contributed by atoms with Gasteiger partial charge in [-0.1, -0.05) is 11.3 Å². The maximum atomic E-state index is 11.7. The van der Waals surface area contributed by atoms with Gasteiger partial charge in [0, 0.05) is 18.6 Å². The topological polar surface area (TPSA) is 101 Å². The second-order valence-corrected chi connectivity index (χ2v) is 6.83. The number of hydrogen-bond acceptors (Lipinski definition) is 6. The van der Waals surface area contributed by atoms with E-state index in [1.165, 1.54) is 12.3 Å². The van der Waals surface area contributed by atoms with Crippen LogP contribution in [0, 0.1) is 0 Å². The van der Waals surface area contributed by atoms with Gasteiger partial charge in [-0.25, -0.2) is 14.6 Å². The molecule has 2 aromatic heterocycles. The summed E-state index contributed by atoms with van der Waals surface area (Å²) in [7, 11) is 0. The number of aromatic nitrogens is 2. The van der Waals surface area contributed by atoms with E-state index in [-0.39, 0.29) is 10.7 Å². The zero-order valence-corrected chi connectivity index (χ0v) is 14.3. The SMILES string of the molecule is CC(C)(C)OC(=O)Nc1ncc(/C(=C\c2ccncc2)C(=O)O)s1. The number of rotatable bonds is 4. The molecule has 8 heteroatoms. The molecule has 7 nitrogen and oxygen atoms in total. The molecule has 0 aliphatic rings. The number of nitrogens with one attached hydrogen (secondary N) is 1. The lowest BCUT2D eigenvalue weighted by Crippen LogP contribution is -2.27. The second kappa shape index (κ2) is 7.22. The second-order valence-electron chi connectivity index (χ2n) is 5.80. The van der Waals surface area contributed by atoms with Crippen LogP contribution in [0.2, 0.25) is 0 Å². The van der Waals surface area contributed by atoms with E-state index in [4.69, 9.17) is 4.74 Å². The summed E-state index contributed by atoms with van der Waals surface area (Å²) >= 11 is 1.06. The van der Waals surface area contributed by atoms with E-state index < -0.39 is 17.7 Å². The van der Waals surface area contributed by atoms with E-state index in [1.807, 2.05) is 0 Å². The molecule has 0 unspecified atom stereocenters. The number of carbonyl (C=O) groups is 2. The number of pyridine rings is 1. The number of carbonyl (C=O) groups excluding carboxylic acids is 1. The summed E-state index contributed by atoms with van der Waals surface area (Å²) in [5, 5.41) is 12.2. The number of carboxylic acids is 1. The third-order valence-corrected chi connectivity index (χ3v) is 3.57. The van der Waals surface area contributed by atoms with Crippen LogP contribution in [0.1, 0.15) is 31.2 Å². The smallest absolute Gasteiger partial charge is 0.413 e. The normalized spacial score (nSPS) is 11.9. The van der Waals surface area contributed by atoms with Crippen molar-refractivity contribution in [2.45, 2.75) is 26.4 Å². The highest BCUT2D eigenvalue weighted by molar-refractivity contribution is 7.17. The number of nitrogens with zero attached hydrogens (tertiary/aromatic N) is 2. The van der Waals surface area contributed by atoms with Gasteiger partial charge in [-0.05, 0) is 44.5 Å². The minimum Gasteiger partial charge on any atom is -0.478 e. The highest BCUT2D eigenvalue weighted by atomic mass is 32.1. The summed E-state index contributed by atoms with van der Waals surface area (Å²) in [6.45, 7) is 5.25. The maximum absolute atomic E-state index is 11.7. The Morgan fingerprint density at radius 2 is 1.96 bits per heavy atom. The number of carboxylic acid groups (broad SMARTS) is 1. The van der Waals surface area contributed by atoms with Gasteiger partial charge in [-0.3, -0.25) is 10.3 Å². The molecule has 0 saturated carbocycles.